The standard InChI is InChI=1S/C11H15N3OS/c1-14(2)10(15)11(13-12-8-16-11)9-6-4-3-5-7-9/h3-7,12-13H,8H2,1-2H3. The number of thioether (sulfide) groups is 1. The van der Waals surface area contributed by atoms with E-state index in [1.54, 1.807) is 30.8 Å². The maximum atomic E-state index is 12.3. The number of hydrogen-bond donors (Lipinski definition) is 2. The molecule has 0 radical (unpaired) electrons. The van der Waals surface area contributed by atoms with Crippen molar-refractivity contribution in [3.05, 3.63) is 35.9 Å². The number of hydrogen-bond acceptors (Lipinski definition) is 4. The summed E-state index contributed by atoms with van der Waals surface area (Å²) in [6, 6.07) is 9.77. The van der Waals surface area contributed by atoms with Crippen LogP contribution in [-0.4, -0.2) is 30.8 Å². The van der Waals surface area contributed by atoms with Crippen LogP contribution in [0.5, 0.6) is 0 Å². The largest absolute Gasteiger partial charge is 0.346 e. The summed E-state index contributed by atoms with van der Waals surface area (Å²) < 4.78 is 0. The lowest BCUT2D eigenvalue weighted by Crippen LogP contribution is -2.51. The van der Waals surface area contributed by atoms with Crippen LogP contribution in [0, 0.1) is 0 Å². The lowest BCUT2D eigenvalue weighted by molar-refractivity contribution is -0.132. The van der Waals surface area contributed by atoms with E-state index in [1.807, 2.05) is 30.3 Å². The topological polar surface area (TPSA) is 44.4 Å². The van der Waals surface area contributed by atoms with Gasteiger partial charge in [0.05, 0.1) is 5.88 Å². The molecule has 4 nitrogen and oxygen atoms in total. The summed E-state index contributed by atoms with van der Waals surface area (Å²) in [5, 5.41) is 0. The predicted octanol–water partition coefficient (Wildman–Crippen LogP) is 0.726. The normalized spacial score (nSPS) is 24.4. The molecule has 1 amide bonds. The van der Waals surface area contributed by atoms with Crippen LogP contribution in [0.15, 0.2) is 30.3 Å². The van der Waals surface area contributed by atoms with Gasteiger partial charge in [-0.3, -0.25) is 4.79 Å². The molecule has 2 N–H and O–H groups in total. The van der Waals surface area contributed by atoms with Gasteiger partial charge in [-0.1, -0.05) is 30.3 Å². The summed E-state index contributed by atoms with van der Waals surface area (Å²) in [4.78, 5) is 13.2. The van der Waals surface area contributed by atoms with Crippen molar-refractivity contribution in [1.29, 1.82) is 0 Å². The van der Waals surface area contributed by atoms with Crippen molar-refractivity contribution < 1.29 is 4.79 Å². The van der Waals surface area contributed by atoms with E-state index in [4.69, 9.17) is 0 Å². The maximum Gasteiger partial charge on any atom is 0.258 e. The van der Waals surface area contributed by atoms with Crippen LogP contribution in [0.2, 0.25) is 0 Å². The molecule has 0 saturated carbocycles. The van der Waals surface area contributed by atoms with Gasteiger partial charge >= 0.3 is 0 Å². The molecule has 1 aromatic carbocycles. The van der Waals surface area contributed by atoms with Gasteiger partial charge in [-0.2, -0.15) is 0 Å². The quantitative estimate of drug-likeness (QED) is 0.796. The summed E-state index contributed by atoms with van der Waals surface area (Å²) in [5.74, 6) is 0.766. The Labute approximate surface area is 99.4 Å². The Hall–Kier alpha value is -1.04. The average Bonchev–Trinajstić information content (AvgIpc) is 2.79. The number of hydrazine groups is 1. The van der Waals surface area contributed by atoms with Crippen molar-refractivity contribution in [2.24, 2.45) is 0 Å². The molecule has 1 aromatic rings. The third-order valence-corrected chi connectivity index (χ3v) is 3.75. The van der Waals surface area contributed by atoms with Crippen LogP contribution in [0.1, 0.15) is 5.56 Å². The minimum Gasteiger partial charge on any atom is -0.346 e. The van der Waals surface area contributed by atoms with E-state index in [0.717, 1.165) is 5.56 Å². The van der Waals surface area contributed by atoms with E-state index in [9.17, 15) is 4.79 Å². The number of nitrogens with one attached hydrogen (secondary N) is 2. The number of carbonyl (C=O) groups excluding carboxylic acids is 1. The number of amides is 1. The summed E-state index contributed by atoms with van der Waals surface area (Å²) in [5.41, 5.74) is 7.08. The third kappa shape index (κ3) is 1.81. The van der Waals surface area contributed by atoms with Crippen molar-refractivity contribution >= 4 is 17.7 Å². The highest BCUT2D eigenvalue weighted by Crippen LogP contribution is 2.37. The van der Waals surface area contributed by atoms with E-state index >= 15 is 0 Å². The molecular weight excluding hydrogens is 222 g/mol. The van der Waals surface area contributed by atoms with Crippen LogP contribution in [0.25, 0.3) is 0 Å². The first-order chi connectivity index (χ1) is 7.67. The zero-order valence-corrected chi connectivity index (χ0v) is 10.2. The Bertz CT molecular complexity index is 374. The number of nitrogens with zero attached hydrogens (tertiary/aromatic N) is 1. The van der Waals surface area contributed by atoms with Gasteiger partial charge in [-0.25, -0.2) is 10.9 Å². The fourth-order valence-electron chi connectivity index (χ4n) is 1.72. The summed E-state index contributed by atoms with van der Waals surface area (Å²) in [6.07, 6.45) is 0. The minimum absolute atomic E-state index is 0.0497. The highest BCUT2D eigenvalue weighted by molar-refractivity contribution is 8.01. The molecular formula is C11H15N3OS. The Kier molecular flexibility index (Phi) is 3.18. The first kappa shape index (κ1) is 11.4. The van der Waals surface area contributed by atoms with E-state index in [0.29, 0.717) is 5.88 Å². The van der Waals surface area contributed by atoms with Crippen molar-refractivity contribution in [2.75, 3.05) is 20.0 Å². The van der Waals surface area contributed by atoms with Crippen LogP contribution in [-0.2, 0) is 9.67 Å². The average molecular weight is 237 g/mol. The minimum atomic E-state index is -0.690. The first-order valence-corrected chi connectivity index (χ1v) is 6.06. The molecule has 1 aliphatic heterocycles. The lowest BCUT2D eigenvalue weighted by atomic mass is 10.1. The highest BCUT2D eigenvalue weighted by atomic mass is 32.2. The van der Waals surface area contributed by atoms with Crippen LogP contribution >= 0.6 is 11.8 Å². The zero-order valence-electron chi connectivity index (χ0n) is 9.36. The second-order valence-corrected chi connectivity index (χ2v) is 5.03. The van der Waals surface area contributed by atoms with Crippen molar-refractivity contribution in [3.63, 3.8) is 0 Å². The summed E-state index contributed by atoms with van der Waals surface area (Å²) >= 11 is 1.57. The molecule has 1 unspecified atom stereocenters. The van der Waals surface area contributed by atoms with E-state index in [1.165, 1.54) is 0 Å². The third-order valence-electron chi connectivity index (χ3n) is 2.51. The fourth-order valence-corrected chi connectivity index (χ4v) is 2.84. The van der Waals surface area contributed by atoms with E-state index in [-0.39, 0.29) is 5.91 Å². The number of carbonyl (C=O) groups is 1. The van der Waals surface area contributed by atoms with Gasteiger partial charge in [0.2, 0.25) is 0 Å². The smallest absolute Gasteiger partial charge is 0.258 e. The van der Waals surface area contributed by atoms with Crippen LogP contribution in [0.4, 0.5) is 0 Å². The lowest BCUT2D eigenvalue weighted by Gasteiger charge is -2.29. The van der Waals surface area contributed by atoms with Gasteiger partial charge in [0.15, 0.2) is 4.87 Å². The molecule has 1 atom stereocenters. The SMILES string of the molecule is CN(C)C(=O)C1(c2ccccc2)NNCS1. The molecule has 2 rings (SSSR count). The zero-order chi connectivity index (χ0) is 11.6. The Morgan fingerprint density at radius 3 is 2.56 bits per heavy atom. The Morgan fingerprint density at radius 2 is 2.06 bits per heavy atom. The highest BCUT2D eigenvalue weighted by Gasteiger charge is 2.44. The Balaban J connectivity index is 2.40. The van der Waals surface area contributed by atoms with Crippen LogP contribution in [0.3, 0.4) is 0 Å². The monoisotopic (exact) mass is 237 g/mol. The molecule has 16 heavy (non-hydrogen) atoms. The molecule has 86 valence electrons. The molecule has 0 spiro atoms. The molecule has 0 bridgehead atoms. The molecule has 0 aliphatic carbocycles. The van der Waals surface area contributed by atoms with Gasteiger partial charge in [-0.05, 0) is 5.56 Å². The van der Waals surface area contributed by atoms with Crippen molar-refractivity contribution in [3.8, 4) is 0 Å². The second kappa shape index (κ2) is 4.45. The fraction of sp³-hybridized carbons (Fsp3) is 0.364. The van der Waals surface area contributed by atoms with Gasteiger partial charge in [0.1, 0.15) is 0 Å². The van der Waals surface area contributed by atoms with Gasteiger partial charge in [-0.15, -0.1) is 11.8 Å². The van der Waals surface area contributed by atoms with E-state index < -0.39 is 4.87 Å². The van der Waals surface area contributed by atoms with E-state index in [2.05, 4.69) is 10.9 Å². The Morgan fingerprint density at radius 1 is 1.38 bits per heavy atom. The first-order valence-electron chi connectivity index (χ1n) is 5.08. The van der Waals surface area contributed by atoms with Crippen LogP contribution < -0.4 is 10.9 Å². The molecule has 0 aromatic heterocycles. The maximum absolute atomic E-state index is 12.3. The van der Waals surface area contributed by atoms with Gasteiger partial charge in [0.25, 0.3) is 5.91 Å². The molecule has 5 heteroatoms. The van der Waals surface area contributed by atoms with Gasteiger partial charge < -0.3 is 4.90 Å². The summed E-state index contributed by atoms with van der Waals surface area (Å²) in [6.45, 7) is 0. The predicted molar refractivity (Wildman–Crippen MR) is 65.5 cm³/mol. The number of likely N-dealkylation sites (N-methyl/N-ethyl adjacent to an activating group) is 1. The number of benzene rings is 1. The molecule has 1 saturated heterocycles. The molecule has 1 aliphatic rings. The number of rotatable bonds is 2. The van der Waals surface area contributed by atoms with Gasteiger partial charge in [0, 0.05) is 14.1 Å². The van der Waals surface area contributed by atoms with Crippen molar-refractivity contribution in [1.82, 2.24) is 15.8 Å². The second-order valence-electron chi connectivity index (χ2n) is 3.84. The summed E-state index contributed by atoms with van der Waals surface area (Å²) in [7, 11) is 3.54. The molecule has 1 fully saturated rings. The van der Waals surface area contributed by atoms with Crippen molar-refractivity contribution in [2.45, 2.75) is 4.87 Å². The molecule has 1 heterocycles.